The van der Waals surface area contributed by atoms with E-state index in [0.717, 1.165) is 108 Å². The lowest BCUT2D eigenvalue weighted by molar-refractivity contribution is -0.161. The highest BCUT2D eigenvalue weighted by Crippen LogP contribution is 2.45. The lowest BCUT2D eigenvalue weighted by Gasteiger charge is -2.21. The first kappa shape index (κ1) is 102. The SMILES string of the molecule is CCCCCCCCCCCCCCCCCCCCCCCC(=O)O[C@H](COC(=O)CCCCCCCCCCCCCCCCC(C)CC)COP(=O)(O)OC[C@@H](O)COP(=O)(O)OC[C@@H](COC(=O)CCCCCCCCCCC(C)CC)OC(=O)CCCCCCCCCCCCC(C)C. The number of aliphatic hydroxyl groups is 1. The van der Waals surface area contributed by atoms with Gasteiger partial charge in [-0.15, -0.1) is 0 Å². The van der Waals surface area contributed by atoms with Crippen LogP contribution in [0.5, 0.6) is 0 Å². The zero-order valence-corrected chi connectivity index (χ0v) is 70.3. The van der Waals surface area contributed by atoms with E-state index in [1.807, 2.05) is 0 Å². The molecule has 7 atom stereocenters. The third-order valence-electron chi connectivity index (χ3n) is 20.6. The number of ether oxygens (including phenoxy) is 4. The lowest BCUT2D eigenvalue weighted by atomic mass is 9.99. The largest absolute Gasteiger partial charge is 0.472 e. The van der Waals surface area contributed by atoms with E-state index >= 15 is 0 Å². The molecule has 0 saturated carbocycles. The molecule has 0 spiro atoms. The average Bonchev–Trinajstić information content (AvgIpc) is 0.905. The second-order valence-corrected chi connectivity index (χ2v) is 34.4. The van der Waals surface area contributed by atoms with Crippen molar-refractivity contribution in [3.63, 3.8) is 0 Å². The van der Waals surface area contributed by atoms with Crippen LogP contribution in [0.3, 0.4) is 0 Å². The molecular formula is C85H166O17P2. The molecule has 4 unspecified atom stereocenters. The van der Waals surface area contributed by atoms with Gasteiger partial charge in [-0.3, -0.25) is 37.3 Å². The van der Waals surface area contributed by atoms with Crippen LogP contribution in [0.15, 0.2) is 0 Å². The first-order chi connectivity index (χ1) is 50.3. The first-order valence-electron chi connectivity index (χ1n) is 43.9. The number of hydrogen-bond acceptors (Lipinski definition) is 15. The van der Waals surface area contributed by atoms with Crippen LogP contribution in [-0.2, 0) is 65.4 Å². The number of esters is 4. The van der Waals surface area contributed by atoms with Gasteiger partial charge >= 0.3 is 39.5 Å². The van der Waals surface area contributed by atoms with Crippen LogP contribution in [0.2, 0.25) is 0 Å². The summed E-state index contributed by atoms with van der Waals surface area (Å²) < 4.78 is 68.9. The maximum atomic E-state index is 13.1. The Morgan fingerprint density at radius 1 is 0.279 bits per heavy atom. The lowest BCUT2D eigenvalue weighted by Crippen LogP contribution is -2.30. The Labute approximate surface area is 638 Å². The minimum Gasteiger partial charge on any atom is -0.462 e. The van der Waals surface area contributed by atoms with Gasteiger partial charge in [0.25, 0.3) is 0 Å². The smallest absolute Gasteiger partial charge is 0.462 e. The minimum absolute atomic E-state index is 0.106. The van der Waals surface area contributed by atoms with Gasteiger partial charge in [-0.25, -0.2) is 9.13 Å². The predicted octanol–water partition coefficient (Wildman–Crippen LogP) is 25.7. The molecule has 0 fully saturated rings. The molecule has 17 nitrogen and oxygen atoms in total. The Balaban J connectivity index is 5.25. The standard InChI is InChI=1S/C85H166O17P2/c1-8-11-12-13-14-15-16-17-18-19-20-21-22-23-24-29-32-38-47-54-61-68-84(89)101-80(72-95-82(87)66-59-52-45-37-31-28-26-25-27-30-36-43-50-57-64-77(6)9-2)74-99-103(91,92)97-70-79(86)71-98-104(93,94)100-75-81(73-96-83(88)67-60-53-46-41-40-44-51-58-65-78(7)10-3)102-85(90)69-62-55-48-39-34-33-35-42-49-56-63-76(4)5/h76-81,86H,8-75H2,1-7H3,(H,91,92)(H,93,94)/t77?,78?,79-,80-,81-/m1/s1. The Hall–Kier alpha value is -1.94. The maximum Gasteiger partial charge on any atom is 0.472 e. The number of hydrogen-bond donors (Lipinski definition) is 3. The number of unbranched alkanes of at least 4 members (excludes halogenated alkanes) is 49. The molecule has 0 aromatic rings. The van der Waals surface area contributed by atoms with Crippen molar-refractivity contribution in [2.75, 3.05) is 39.6 Å². The third-order valence-corrected chi connectivity index (χ3v) is 22.5. The summed E-state index contributed by atoms with van der Waals surface area (Å²) in [6.07, 6.45) is 65.2. The summed E-state index contributed by atoms with van der Waals surface area (Å²) in [5.41, 5.74) is 0. The molecule has 0 aromatic carbocycles. The van der Waals surface area contributed by atoms with Gasteiger partial charge in [-0.2, -0.15) is 0 Å². The van der Waals surface area contributed by atoms with Crippen molar-refractivity contribution in [3.8, 4) is 0 Å². The quantitative estimate of drug-likeness (QED) is 0.0222. The molecule has 0 heterocycles. The molecule has 104 heavy (non-hydrogen) atoms. The zero-order valence-electron chi connectivity index (χ0n) is 68.5. The molecule has 3 N–H and O–H groups in total. The first-order valence-corrected chi connectivity index (χ1v) is 46.9. The Morgan fingerprint density at radius 2 is 0.490 bits per heavy atom. The van der Waals surface area contributed by atoms with E-state index in [1.54, 1.807) is 0 Å². The van der Waals surface area contributed by atoms with E-state index in [1.165, 1.54) is 257 Å². The molecule has 0 saturated heterocycles. The fourth-order valence-electron chi connectivity index (χ4n) is 13.1. The van der Waals surface area contributed by atoms with Crippen LogP contribution in [0.25, 0.3) is 0 Å². The van der Waals surface area contributed by atoms with Crippen LogP contribution in [-0.4, -0.2) is 96.7 Å². The topological polar surface area (TPSA) is 237 Å². The summed E-state index contributed by atoms with van der Waals surface area (Å²) >= 11 is 0. The highest BCUT2D eigenvalue weighted by atomic mass is 31.2. The molecule has 0 amide bonds. The number of carbonyl (C=O) groups is 4. The van der Waals surface area contributed by atoms with E-state index < -0.39 is 97.5 Å². The van der Waals surface area contributed by atoms with Crippen molar-refractivity contribution >= 4 is 39.5 Å². The van der Waals surface area contributed by atoms with Crippen LogP contribution in [0, 0.1) is 17.8 Å². The molecule has 19 heteroatoms. The van der Waals surface area contributed by atoms with E-state index in [-0.39, 0.29) is 25.7 Å². The summed E-state index contributed by atoms with van der Waals surface area (Å²) in [4.78, 5) is 73.2. The van der Waals surface area contributed by atoms with E-state index in [4.69, 9.17) is 37.0 Å². The molecule has 0 aliphatic carbocycles. The number of aliphatic hydroxyl groups excluding tert-OH is 1. The normalized spacial score (nSPS) is 14.4. The Bertz CT molecular complexity index is 2010. The molecule has 0 bridgehead atoms. The van der Waals surface area contributed by atoms with Gasteiger partial charge in [0, 0.05) is 25.7 Å². The van der Waals surface area contributed by atoms with Gasteiger partial charge in [0.15, 0.2) is 12.2 Å². The number of carbonyl (C=O) groups excluding carboxylic acids is 4. The van der Waals surface area contributed by atoms with Gasteiger partial charge in [-0.1, -0.05) is 395 Å². The van der Waals surface area contributed by atoms with Crippen LogP contribution < -0.4 is 0 Å². The summed E-state index contributed by atoms with van der Waals surface area (Å²) in [5, 5.41) is 10.7. The van der Waals surface area contributed by atoms with Crippen LogP contribution in [0.1, 0.15) is 447 Å². The summed E-state index contributed by atoms with van der Waals surface area (Å²) in [6.45, 7) is 12.0. The third kappa shape index (κ3) is 75.5. The Kier molecular flexibility index (Phi) is 73.7. The van der Waals surface area contributed by atoms with Crippen LogP contribution in [0.4, 0.5) is 0 Å². The summed E-state index contributed by atoms with van der Waals surface area (Å²) in [7, 11) is -9.93. The summed E-state index contributed by atoms with van der Waals surface area (Å²) in [6, 6.07) is 0. The zero-order chi connectivity index (χ0) is 76.5. The molecule has 0 aliphatic heterocycles. The Morgan fingerprint density at radius 3 is 0.731 bits per heavy atom. The monoisotopic (exact) mass is 1520 g/mol. The van der Waals surface area contributed by atoms with Gasteiger partial charge in [0.2, 0.25) is 0 Å². The van der Waals surface area contributed by atoms with Gasteiger partial charge in [-0.05, 0) is 43.4 Å². The maximum absolute atomic E-state index is 13.1. The second kappa shape index (κ2) is 75.1. The molecular weight excluding hydrogens is 1350 g/mol. The number of rotatable bonds is 83. The van der Waals surface area contributed by atoms with Crippen molar-refractivity contribution < 1.29 is 80.2 Å². The van der Waals surface area contributed by atoms with Crippen molar-refractivity contribution in [3.05, 3.63) is 0 Å². The fraction of sp³-hybridized carbons (Fsp3) is 0.953. The van der Waals surface area contributed by atoms with E-state index in [9.17, 15) is 43.2 Å². The van der Waals surface area contributed by atoms with Gasteiger partial charge in [0.1, 0.15) is 19.3 Å². The van der Waals surface area contributed by atoms with E-state index in [0.29, 0.717) is 25.7 Å². The fourth-order valence-corrected chi connectivity index (χ4v) is 14.7. The van der Waals surface area contributed by atoms with Gasteiger partial charge in [0.05, 0.1) is 26.4 Å². The highest BCUT2D eigenvalue weighted by Gasteiger charge is 2.30. The van der Waals surface area contributed by atoms with Crippen molar-refractivity contribution in [1.82, 2.24) is 0 Å². The van der Waals surface area contributed by atoms with E-state index in [2.05, 4.69) is 48.5 Å². The number of phosphoric ester groups is 2. The minimum atomic E-state index is -4.97. The highest BCUT2D eigenvalue weighted by molar-refractivity contribution is 7.47. The second-order valence-electron chi connectivity index (χ2n) is 31.5. The van der Waals surface area contributed by atoms with Crippen LogP contribution >= 0.6 is 15.6 Å². The molecule has 0 rings (SSSR count). The molecule has 618 valence electrons. The molecule has 0 aromatic heterocycles. The van der Waals surface area contributed by atoms with Gasteiger partial charge < -0.3 is 33.8 Å². The van der Waals surface area contributed by atoms with Crippen molar-refractivity contribution in [2.24, 2.45) is 17.8 Å². The number of phosphoric acid groups is 2. The predicted molar refractivity (Wildman–Crippen MR) is 428 cm³/mol. The van der Waals surface area contributed by atoms with Crippen molar-refractivity contribution in [2.45, 2.75) is 465 Å². The summed E-state index contributed by atoms with van der Waals surface area (Å²) in [5.74, 6) is 0.272. The molecule has 0 aliphatic rings. The van der Waals surface area contributed by atoms with Crippen molar-refractivity contribution in [1.29, 1.82) is 0 Å². The average molecular weight is 1520 g/mol. The molecule has 0 radical (unpaired) electrons.